The van der Waals surface area contributed by atoms with Gasteiger partial charge in [-0.25, -0.2) is 4.79 Å². The van der Waals surface area contributed by atoms with E-state index >= 15 is 0 Å². The summed E-state index contributed by atoms with van der Waals surface area (Å²) < 4.78 is 0. The molecule has 0 aromatic heterocycles. The molecule has 0 aliphatic heterocycles. The SMILES string of the molecule is CC(C1CC1)N(C(=O)NCCc1ccc(O)cc1)C1CC1. The van der Waals surface area contributed by atoms with Crippen LogP contribution in [0.4, 0.5) is 4.79 Å². The smallest absolute Gasteiger partial charge is 0.317 e. The summed E-state index contributed by atoms with van der Waals surface area (Å²) in [6, 6.07) is 8.10. The molecule has 114 valence electrons. The second-order valence-electron chi connectivity index (χ2n) is 6.36. The monoisotopic (exact) mass is 288 g/mol. The number of phenols is 1. The fraction of sp³-hybridized carbons (Fsp3) is 0.588. The molecule has 4 heteroatoms. The molecule has 0 spiro atoms. The van der Waals surface area contributed by atoms with Crippen molar-refractivity contribution in [2.24, 2.45) is 5.92 Å². The Morgan fingerprint density at radius 3 is 2.52 bits per heavy atom. The van der Waals surface area contributed by atoms with Crippen LogP contribution in [0.2, 0.25) is 0 Å². The average Bonchev–Trinajstić information content (AvgIpc) is 3.34. The summed E-state index contributed by atoms with van der Waals surface area (Å²) in [5, 5.41) is 12.3. The third-order valence-corrected chi connectivity index (χ3v) is 4.54. The van der Waals surface area contributed by atoms with E-state index in [2.05, 4.69) is 17.1 Å². The van der Waals surface area contributed by atoms with Crippen molar-refractivity contribution in [3.05, 3.63) is 29.8 Å². The van der Waals surface area contributed by atoms with Crippen molar-refractivity contribution in [1.29, 1.82) is 0 Å². The Morgan fingerprint density at radius 1 is 1.29 bits per heavy atom. The molecule has 3 rings (SSSR count). The molecule has 1 aromatic rings. The standard InChI is InChI=1S/C17H24N2O2/c1-12(14-4-5-14)19(15-6-7-15)17(21)18-11-10-13-2-8-16(20)9-3-13/h2-3,8-9,12,14-15,20H,4-7,10-11H2,1H3,(H,18,21). The Hall–Kier alpha value is -1.71. The largest absolute Gasteiger partial charge is 0.508 e. The molecule has 0 heterocycles. The van der Waals surface area contributed by atoms with E-state index in [0.717, 1.165) is 24.8 Å². The van der Waals surface area contributed by atoms with Gasteiger partial charge in [-0.1, -0.05) is 12.1 Å². The van der Waals surface area contributed by atoms with Gasteiger partial charge in [0.25, 0.3) is 0 Å². The molecular formula is C17H24N2O2. The second kappa shape index (κ2) is 5.96. The maximum atomic E-state index is 12.4. The number of carbonyl (C=O) groups is 1. The van der Waals surface area contributed by atoms with Crippen LogP contribution < -0.4 is 5.32 Å². The lowest BCUT2D eigenvalue weighted by Gasteiger charge is -2.29. The number of hydrogen-bond donors (Lipinski definition) is 2. The first-order chi connectivity index (χ1) is 10.1. The fourth-order valence-electron chi connectivity index (χ4n) is 2.91. The van der Waals surface area contributed by atoms with E-state index in [0.29, 0.717) is 24.5 Å². The Kier molecular flexibility index (Phi) is 4.04. The van der Waals surface area contributed by atoms with Crippen molar-refractivity contribution in [1.82, 2.24) is 10.2 Å². The fourth-order valence-corrected chi connectivity index (χ4v) is 2.91. The van der Waals surface area contributed by atoms with Gasteiger partial charge in [0.05, 0.1) is 0 Å². The maximum absolute atomic E-state index is 12.4. The molecule has 4 nitrogen and oxygen atoms in total. The Balaban J connectivity index is 1.49. The van der Waals surface area contributed by atoms with Gasteiger partial charge in [0.2, 0.25) is 0 Å². The summed E-state index contributed by atoms with van der Waals surface area (Å²) >= 11 is 0. The Morgan fingerprint density at radius 2 is 1.95 bits per heavy atom. The Labute approximate surface area is 126 Å². The number of rotatable bonds is 6. The van der Waals surface area contributed by atoms with E-state index in [9.17, 15) is 9.90 Å². The molecule has 0 bridgehead atoms. The molecule has 1 unspecified atom stereocenters. The van der Waals surface area contributed by atoms with Gasteiger partial charge in [-0.3, -0.25) is 0 Å². The van der Waals surface area contributed by atoms with Crippen LogP contribution in [0.25, 0.3) is 0 Å². The molecule has 0 radical (unpaired) electrons. The van der Waals surface area contributed by atoms with E-state index in [4.69, 9.17) is 0 Å². The van der Waals surface area contributed by atoms with E-state index in [1.165, 1.54) is 12.8 Å². The van der Waals surface area contributed by atoms with Gasteiger partial charge in [-0.2, -0.15) is 0 Å². The lowest BCUT2D eigenvalue weighted by Crippen LogP contribution is -2.47. The predicted octanol–water partition coefficient (Wildman–Crippen LogP) is 2.91. The molecular weight excluding hydrogens is 264 g/mol. The van der Waals surface area contributed by atoms with Gasteiger partial charge in [0, 0.05) is 18.6 Å². The zero-order valence-electron chi connectivity index (χ0n) is 12.6. The lowest BCUT2D eigenvalue weighted by atomic mass is 10.1. The summed E-state index contributed by atoms with van der Waals surface area (Å²) in [5.41, 5.74) is 1.13. The van der Waals surface area contributed by atoms with Gasteiger partial charge in [-0.15, -0.1) is 0 Å². The zero-order chi connectivity index (χ0) is 14.8. The second-order valence-corrected chi connectivity index (χ2v) is 6.36. The number of benzene rings is 1. The van der Waals surface area contributed by atoms with Crippen molar-refractivity contribution in [2.75, 3.05) is 6.54 Å². The topological polar surface area (TPSA) is 52.6 Å². The molecule has 2 fully saturated rings. The molecule has 2 amide bonds. The van der Waals surface area contributed by atoms with Crippen LogP contribution in [-0.4, -0.2) is 34.7 Å². The first-order valence-corrected chi connectivity index (χ1v) is 7.99. The van der Waals surface area contributed by atoms with Crippen LogP contribution >= 0.6 is 0 Å². The minimum absolute atomic E-state index is 0.0932. The summed E-state index contributed by atoms with van der Waals surface area (Å²) in [7, 11) is 0. The number of aromatic hydroxyl groups is 1. The molecule has 2 N–H and O–H groups in total. The number of nitrogens with zero attached hydrogens (tertiary/aromatic N) is 1. The quantitative estimate of drug-likeness (QED) is 0.845. The summed E-state index contributed by atoms with van der Waals surface area (Å²) in [5.74, 6) is 0.995. The number of amides is 2. The molecule has 2 aliphatic carbocycles. The third kappa shape index (κ3) is 3.69. The van der Waals surface area contributed by atoms with E-state index in [1.807, 2.05) is 12.1 Å². The van der Waals surface area contributed by atoms with Gasteiger partial charge in [0.1, 0.15) is 5.75 Å². The third-order valence-electron chi connectivity index (χ3n) is 4.54. The summed E-state index contributed by atoms with van der Waals surface area (Å²) in [4.78, 5) is 14.5. The van der Waals surface area contributed by atoms with Crippen molar-refractivity contribution in [3.8, 4) is 5.75 Å². The minimum Gasteiger partial charge on any atom is -0.508 e. The van der Waals surface area contributed by atoms with Crippen molar-refractivity contribution < 1.29 is 9.90 Å². The van der Waals surface area contributed by atoms with Crippen molar-refractivity contribution in [3.63, 3.8) is 0 Å². The molecule has 21 heavy (non-hydrogen) atoms. The van der Waals surface area contributed by atoms with Crippen LogP contribution in [-0.2, 0) is 6.42 Å². The number of phenolic OH excluding ortho intramolecular Hbond substituents is 1. The lowest BCUT2D eigenvalue weighted by molar-refractivity contribution is 0.167. The molecule has 2 aliphatic rings. The van der Waals surface area contributed by atoms with E-state index < -0.39 is 0 Å². The van der Waals surface area contributed by atoms with Crippen LogP contribution in [0.5, 0.6) is 5.75 Å². The van der Waals surface area contributed by atoms with Crippen LogP contribution in [0, 0.1) is 5.92 Å². The highest BCUT2D eigenvalue weighted by Gasteiger charge is 2.41. The van der Waals surface area contributed by atoms with Crippen molar-refractivity contribution >= 4 is 6.03 Å². The number of carbonyl (C=O) groups excluding carboxylic acids is 1. The highest BCUT2D eigenvalue weighted by atomic mass is 16.3. The number of urea groups is 1. The molecule has 1 atom stereocenters. The zero-order valence-corrected chi connectivity index (χ0v) is 12.6. The van der Waals surface area contributed by atoms with Crippen LogP contribution in [0.3, 0.4) is 0 Å². The van der Waals surface area contributed by atoms with Gasteiger partial charge >= 0.3 is 6.03 Å². The van der Waals surface area contributed by atoms with E-state index in [-0.39, 0.29) is 11.8 Å². The molecule has 0 saturated heterocycles. The highest BCUT2D eigenvalue weighted by molar-refractivity contribution is 5.75. The summed E-state index contributed by atoms with van der Waals surface area (Å²) in [6.45, 7) is 2.83. The molecule has 2 saturated carbocycles. The van der Waals surface area contributed by atoms with Gasteiger partial charge in [-0.05, 0) is 62.6 Å². The van der Waals surface area contributed by atoms with Gasteiger partial charge < -0.3 is 15.3 Å². The van der Waals surface area contributed by atoms with Crippen LogP contribution in [0.1, 0.15) is 38.2 Å². The van der Waals surface area contributed by atoms with Crippen molar-refractivity contribution in [2.45, 2.75) is 51.1 Å². The van der Waals surface area contributed by atoms with E-state index in [1.54, 1.807) is 12.1 Å². The average molecular weight is 288 g/mol. The van der Waals surface area contributed by atoms with Crippen LogP contribution in [0.15, 0.2) is 24.3 Å². The first-order valence-electron chi connectivity index (χ1n) is 7.99. The minimum atomic E-state index is 0.0932. The van der Waals surface area contributed by atoms with Gasteiger partial charge in [0.15, 0.2) is 0 Å². The predicted molar refractivity (Wildman–Crippen MR) is 82.3 cm³/mol. The molecule has 1 aromatic carbocycles. The Bertz CT molecular complexity index is 492. The number of hydrogen-bond acceptors (Lipinski definition) is 2. The maximum Gasteiger partial charge on any atom is 0.317 e. The first kappa shape index (κ1) is 14.2. The normalized spacial score (nSPS) is 19.1. The highest BCUT2D eigenvalue weighted by Crippen LogP contribution is 2.39. The number of nitrogens with one attached hydrogen (secondary N) is 1. The summed E-state index contributed by atoms with van der Waals surface area (Å²) in [6.07, 6.45) is 5.64.